The largest absolute Gasteiger partial charge is 0.491 e. The molecule has 0 radical (unpaired) electrons. The summed E-state index contributed by atoms with van der Waals surface area (Å²) in [5, 5.41) is 0. The number of fused-ring (bicyclic) bond motifs is 1. The molecule has 1 aromatic heterocycles. The second-order valence-corrected chi connectivity index (χ2v) is 3.86. The maximum Gasteiger partial charge on any atom is 0.124 e. The Labute approximate surface area is 93.7 Å². The smallest absolute Gasteiger partial charge is 0.124 e. The van der Waals surface area contributed by atoms with Crippen molar-refractivity contribution in [2.45, 2.75) is 12.6 Å². The molecule has 2 heterocycles. The van der Waals surface area contributed by atoms with Gasteiger partial charge in [0.15, 0.2) is 0 Å². The molecule has 0 spiro atoms. The molecule has 4 heteroatoms. The minimum Gasteiger partial charge on any atom is -0.491 e. The molecule has 4 nitrogen and oxygen atoms in total. The van der Waals surface area contributed by atoms with Crippen LogP contribution in [0.4, 0.5) is 0 Å². The number of ether oxygens (including phenoxy) is 1. The Hall–Kier alpha value is -1.81. The van der Waals surface area contributed by atoms with Crippen LogP contribution in [0.25, 0.3) is 0 Å². The fraction of sp³-hybridized carbons (Fsp3) is 0.250. The van der Waals surface area contributed by atoms with Crippen molar-refractivity contribution in [1.82, 2.24) is 9.55 Å². The van der Waals surface area contributed by atoms with Gasteiger partial charge in [0.05, 0.1) is 18.1 Å². The second-order valence-electron chi connectivity index (χ2n) is 3.86. The van der Waals surface area contributed by atoms with E-state index >= 15 is 0 Å². The number of aromatic nitrogens is 2. The van der Waals surface area contributed by atoms with Gasteiger partial charge in [-0.25, -0.2) is 4.98 Å². The Morgan fingerprint density at radius 3 is 3.19 bits per heavy atom. The third-order valence-electron chi connectivity index (χ3n) is 2.97. The van der Waals surface area contributed by atoms with E-state index in [1.54, 1.807) is 6.20 Å². The van der Waals surface area contributed by atoms with E-state index < -0.39 is 0 Å². The van der Waals surface area contributed by atoms with Crippen LogP contribution < -0.4 is 10.5 Å². The van der Waals surface area contributed by atoms with Crippen molar-refractivity contribution < 1.29 is 4.74 Å². The predicted molar refractivity (Wildman–Crippen MR) is 60.2 cm³/mol. The van der Waals surface area contributed by atoms with E-state index in [1.165, 1.54) is 5.56 Å². The van der Waals surface area contributed by atoms with Gasteiger partial charge >= 0.3 is 0 Å². The Morgan fingerprint density at radius 2 is 2.31 bits per heavy atom. The Bertz CT molecular complexity index is 506. The van der Waals surface area contributed by atoms with Crippen molar-refractivity contribution in [3.05, 3.63) is 48.0 Å². The third-order valence-corrected chi connectivity index (χ3v) is 2.97. The summed E-state index contributed by atoms with van der Waals surface area (Å²) < 4.78 is 7.73. The maximum absolute atomic E-state index is 5.68. The van der Waals surface area contributed by atoms with E-state index in [-0.39, 0.29) is 6.04 Å². The highest BCUT2D eigenvalue weighted by atomic mass is 16.5. The first kappa shape index (κ1) is 9.42. The molecule has 0 bridgehead atoms. The number of nitrogens with two attached hydrogens (primary N) is 1. The average Bonchev–Trinajstić information content (AvgIpc) is 2.94. The molecule has 1 unspecified atom stereocenters. The van der Waals surface area contributed by atoms with Gasteiger partial charge in [0.2, 0.25) is 0 Å². The minimum absolute atomic E-state index is 0.206. The van der Waals surface area contributed by atoms with Crippen LogP contribution in [0, 0.1) is 0 Å². The maximum atomic E-state index is 5.68. The lowest BCUT2D eigenvalue weighted by Gasteiger charge is -2.13. The first-order chi connectivity index (χ1) is 7.90. The van der Waals surface area contributed by atoms with Gasteiger partial charge in [0, 0.05) is 18.3 Å². The standard InChI is InChI=1S/C12H13N3O/c13-5-9-6-14-8-15(9)11-7-16-12-4-2-1-3-10(11)12/h1-4,6,8,11H,5,7,13H2. The molecule has 3 rings (SSSR count). The molecule has 2 N–H and O–H groups in total. The summed E-state index contributed by atoms with van der Waals surface area (Å²) in [6, 6.07) is 8.30. The van der Waals surface area contributed by atoms with Gasteiger partial charge < -0.3 is 15.0 Å². The Morgan fingerprint density at radius 1 is 1.44 bits per heavy atom. The summed E-state index contributed by atoms with van der Waals surface area (Å²) in [4.78, 5) is 4.14. The van der Waals surface area contributed by atoms with Crippen molar-refractivity contribution in [1.29, 1.82) is 0 Å². The van der Waals surface area contributed by atoms with Crippen LogP contribution in [-0.2, 0) is 6.54 Å². The van der Waals surface area contributed by atoms with Gasteiger partial charge in [-0.2, -0.15) is 0 Å². The lowest BCUT2D eigenvalue weighted by Crippen LogP contribution is -2.15. The number of para-hydroxylation sites is 1. The number of rotatable bonds is 2. The van der Waals surface area contributed by atoms with E-state index in [2.05, 4.69) is 15.6 Å². The van der Waals surface area contributed by atoms with Crippen LogP contribution >= 0.6 is 0 Å². The van der Waals surface area contributed by atoms with Gasteiger partial charge in [-0.3, -0.25) is 0 Å². The number of benzene rings is 1. The highest BCUT2D eigenvalue weighted by Crippen LogP contribution is 2.34. The monoisotopic (exact) mass is 215 g/mol. The number of hydrogen-bond acceptors (Lipinski definition) is 3. The van der Waals surface area contributed by atoms with E-state index in [0.717, 1.165) is 11.4 Å². The molecule has 0 saturated heterocycles. The van der Waals surface area contributed by atoms with Crippen molar-refractivity contribution in [2.24, 2.45) is 5.73 Å². The Balaban J connectivity index is 2.04. The third kappa shape index (κ3) is 1.31. The molecule has 2 aromatic rings. The van der Waals surface area contributed by atoms with E-state index in [0.29, 0.717) is 13.2 Å². The van der Waals surface area contributed by atoms with Gasteiger partial charge in [-0.15, -0.1) is 0 Å². The van der Waals surface area contributed by atoms with Crippen LogP contribution in [0.15, 0.2) is 36.8 Å². The summed E-state index contributed by atoms with van der Waals surface area (Å²) >= 11 is 0. The fourth-order valence-electron chi connectivity index (χ4n) is 2.15. The van der Waals surface area contributed by atoms with E-state index in [1.807, 2.05) is 24.5 Å². The van der Waals surface area contributed by atoms with Crippen LogP contribution in [-0.4, -0.2) is 16.2 Å². The fourth-order valence-corrected chi connectivity index (χ4v) is 2.15. The van der Waals surface area contributed by atoms with E-state index in [4.69, 9.17) is 10.5 Å². The topological polar surface area (TPSA) is 53.1 Å². The number of imidazole rings is 1. The Kier molecular flexibility index (Phi) is 2.15. The predicted octanol–water partition coefficient (Wildman–Crippen LogP) is 1.32. The molecule has 1 aromatic carbocycles. The van der Waals surface area contributed by atoms with E-state index in [9.17, 15) is 0 Å². The molecule has 16 heavy (non-hydrogen) atoms. The molecular weight excluding hydrogens is 202 g/mol. The van der Waals surface area contributed by atoms with Gasteiger partial charge in [0.1, 0.15) is 12.4 Å². The SMILES string of the molecule is NCc1cncn1C1COc2ccccc21. The number of hydrogen-bond donors (Lipinski definition) is 1. The average molecular weight is 215 g/mol. The molecule has 1 atom stereocenters. The zero-order chi connectivity index (χ0) is 11.0. The first-order valence-corrected chi connectivity index (χ1v) is 5.32. The molecule has 1 aliphatic rings. The van der Waals surface area contributed by atoms with Crippen molar-refractivity contribution in [2.75, 3.05) is 6.61 Å². The second kappa shape index (κ2) is 3.64. The first-order valence-electron chi connectivity index (χ1n) is 5.32. The molecular formula is C12H13N3O. The quantitative estimate of drug-likeness (QED) is 0.822. The lowest BCUT2D eigenvalue weighted by atomic mass is 10.1. The lowest BCUT2D eigenvalue weighted by molar-refractivity contribution is 0.314. The summed E-state index contributed by atoms with van der Waals surface area (Å²) in [5.74, 6) is 0.962. The summed E-state index contributed by atoms with van der Waals surface area (Å²) in [6.07, 6.45) is 3.62. The summed E-state index contributed by atoms with van der Waals surface area (Å²) in [5.41, 5.74) is 7.92. The molecule has 1 aliphatic heterocycles. The highest BCUT2D eigenvalue weighted by molar-refractivity contribution is 5.40. The van der Waals surface area contributed by atoms with Crippen LogP contribution in [0.5, 0.6) is 5.75 Å². The van der Waals surface area contributed by atoms with Gasteiger partial charge in [0.25, 0.3) is 0 Å². The highest BCUT2D eigenvalue weighted by Gasteiger charge is 2.25. The van der Waals surface area contributed by atoms with Crippen LogP contribution in [0.1, 0.15) is 17.3 Å². The number of nitrogens with zero attached hydrogens (tertiary/aromatic N) is 2. The van der Waals surface area contributed by atoms with Gasteiger partial charge in [-0.05, 0) is 6.07 Å². The van der Waals surface area contributed by atoms with Crippen LogP contribution in [0.2, 0.25) is 0 Å². The molecule has 0 amide bonds. The molecule has 82 valence electrons. The van der Waals surface area contributed by atoms with Gasteiger partial charge in [-0.1, -0.05) is 18.2 Å². The molecule has 0 saturated carbocycles. The summed E-state index contributed by atoms with van der Waals surface area (Å²) in [7, 11) is 0. The molecule has 0 aliphatic carbocycles. The van der Waals surface area contributed by atoms with Crippen molar-refractivity contribution in [3.63, 3.8) is 0 Å². The van der Waals surface area contributed by atoms with Crippen LogP contribution in [0.3, 0.4) is 0 Å². The normalized spacial score (nSPS) is 18.2. The zero-order valence-corrected chi connectivity index (χ0v) is 8.84. The molecule has 0 fully saturated rings. The summed E-state index contributed by atoms with van der Waals surface area (Å²) in [6.45, 7) is 1.15. The minimum atomic E-state index is 0.206. The van der Waals surface area contributed by atoms with Crippen molar-refractivity contribution >= 4 is 0 Å². The zero-order valence-electron chi connectivity index (χ0n) is 8.84. The van der Waals surface area contributed by atoms with Crippen molar-refractivity contribution in [3.8, 4) is 5.75 Å².